The number of furan rings is 1. The van der Waals surface area contributed by atoms with Crippen molar-refractivity contribution in [3.63, 3.8) is 0 Å². The van der Waals surface area contributed by atoms with Gasteiger partial charge in [-0.05, 0) is 48.0 Å². The third-order valence-electron chi connectivity index (χ3n) is 3.61. The zero-order valence-electron chi connectivity index (χ0n) is 14.7. The van der Waals surface area contributed by atoms with Crippen molar-refractivity contribution in [3.8, 4) is 11.5 Å². The van der Waals surface area contributed by atoms with Crippen molar-refractivity contribution >= 4 is 18.1 Å². The average molecular weight is 382 g/mol. The molecular weight excluding hydrogens is 367 g/mol. The van der Waals surface area contributed by atoms with Crippen molar-refractivity contribution in [3.05, 3.63) is 83.6 Å². The molecule has 0 aliphatic rings. The third kappa shape index (κ3) is 4.42. The lowest BCUT2D eigenvalue weighted by molar-refractivity contribution is 0.0724. The van der Waals surface area contributed by atoms with Crippen LogP contribution in [-0.4, -0.2) is 25.2 Å². The standard InChI is InChI=1S/C20H15FN2O5/c1-26-18-11-13(12-22-23-19(24)17-7-4-10-27-17)8-9-16(18)28-20(25)14-5-2-3-6-15(14)21/h2-12H,1H3,(H,23,24)/b22-12-. The van der Waals surface area contributed by atoms with Crippen molar-refractivity contribution in [2.24, 2.45) is 5.10 Å². The Labute approximate surface area is 159 Å². The first-order valence-electron chi connectivity index (χ1n) is 8.10. The molecule has 8 heteroatoms. The molecule has 0 spiro atoms. The molecular formula is C20H15FN2O5. The Morgan fingerprint density at radius 1 is 1.11 bits per heavy atom. The minimum Gasteiger partial charge on any atom is -0.493 e. The number of nitrogens with one attached hydrogen (secondary N) is 1. The van der Waals surface area contributed by atoms with Crippen molar-refractivity contribution in [2.45, 2.75) is 0 Å². The first kappa shape index (κ1) is 18.8. The van der Waals surface area contributed by atoms with Gasteiger partial charge in [0.1, 0.15) is 5.82 Å². The quantitative estimate of drug-likeness (QED) is 0.305. The number of methoxy groups -OCH3 is 1. The smallest absolute Gasteiger partial charge is 0.346 e. The molecule has 3 rings (SSSR count). The Morgan fingerprint density at radius 3 is 2.64 bits per heavy atom. The molecule has 0 saturated carbocycles. The average Bonchev–Trinajstić information content (AvgIpc) is 3.24. The van der Waals surface area contributed by atoms with E-state index in [-0.39, 0.29) is 22.8 Å². The fourth-order valence-electron chi connectivity index (χ4n) is 2.26. The van der Waals surface area contributed by atoms with Gasteiger partial charge in [0.2, 0.25) is 0 Å². The van der Waals surface area contributed by atoms with E-state index in [2.05, 4.69) is 10.5 Å². The van der Waals surface area contributed by atoms with Crippen molar-refractivity contribution < 1.29 is 27.9 Å². The molecule has 1 aromatic heterocycles. The maximum Gasteiger partial charge on any atom is 0.346 e. The number of carbonyl (C=O) groups excluding carboxylic acids is 2. The van der Waals surface area contributed by atoms with Crippen LogP contribution >= 0.6 is 0 Å². The highest BCUT2D eigenvalue weighted by Gasteiger charge is 2.16. The maximum absolute atomic E-state index is 13.7. The van der Waals surface area contributed by atoms with Gasteiger partial charge in [-0.15, -0.1) is 0 Å². The van der Waals surface area contributed by atoms with Gasteiger partial charge in [-0.3, -0.25) is 4.79 Å². The predicted molar refractivity (Wildman–Crippen MR) is 98.1 cm³/mol. The summed E-state index contributed by atoms with van der Waals surface area (Å²) in [5.41, 5.74) is 2.70. The van der Waals surface area contributed by atoms with E-state index in [0.717, 1.165) is 0 Å². The molecule has 0 radical (unpaired) electrons. The van der Waals surface area contributed by atoms with E-state index in [1.165, 1.54) is 56.0 Å². The molecule has 7 nitrogen and oxygen atoms in total. The Balaban J connectivity index is 1.70. The Morgan fingerprint density at radius 2 is 1.93 bits per heavy atom. The van der Waals surface area contributed by atoms with Crippen molar-refractivity contribution in [2.75, 3.05) is 7.11 Å². The molecule has 3 aromatic rings. The molecule has 0 saturated heterocycles. The topological polar surface area (TPSA) is 90.1 Å². The lowest BCUT2D eigenvalue weighted by Crippen LogP contribution is -2.16. The minimum absolute atomic E-state index is 0.118. The lowest BCUT2D eigenvalue weighted by Gasteiger charge is -2.10. The summed E-state index contributed by atoms with van der Waals surface area (Å²) in [6.45, 7) is 0. The molecule has 0 bridgehead atoms. The van der Waals surface area contributed by atoms with Gasteiger partial charge in [-0.1, -0.05) is 12.1 Å². The normalized spacial score (nSPS) is 10.6. The second kappa shape index (κ2) is 8.63. The molecule has 1 N–H and O–H groups in total. The number of benzene rings is 2. The molecule has 1 heterocycles. The first-order chi connectivity index (χ1) is 13.6. The van der Waals surface area contributed by atoms with Gasteiger partial charge in [0.25, 0.3) is 0 Å². The summed E-state index contributed by atoms with van der Waals surface area (Å²) in [5, 5.41) is 3.83. The van der Waals surface area contributed by atoms with Crippen LogP contribution in [0.1, 0.15) is 26.5 Å². The number of halogens is 1. The van der Waals surface area contributed by atoms with Gasteiger partial charge in [0, 0.05) is 0 Å². The van der Waals surface area contributed by atoms with Gasteiger partial charge < -0.3 is 13.9 Å². The minimum atomic E-state index is -0.844. The van der Waals surface area contributed by atoms with Crippen LogP contribution in [0, 0.1) is 5.82 Å². The highest BCUT2D eigenvalue weighted by molar-refractivity contribution is 5.93. The summed E-state index contributed by atoms with van der Waals surface area (Å²) >= 11 is 0. The lowest BCUT2D eigenvalue weighted by atomic mass is 10.2. The summed E-state index contributed by atoms with van der Waals surface area (Å²) in [6.07, 6.45) is 2.76. The van der Waals surface area contributed by atoms with Crippen molar-refractivity contribution in [1.29, 1.82) is 0 Å². The zero-order chi connectivity index (χ0) is 19.9. The van der Waals surface area contributed by atoms with E-state index >= 15 is 0 Å². The second-order valence-electron chi connectivity index (χ2n) is 5.46. The fourth-order valence-corrected chi connectivity index (χ4v) is 2.26. The molecule has 2 aromatic carbocycles. The number of hydrogen-bond acceptors (Lipinski definition) is 6. The van der Waals surface area contributed by atoms with Gasteiger partial charge in [-0.2, -0.15) is 5.10 Å². The van der Waals surface area contributed by atoms with E-state index in [0.29, 0.717) is 5.56 Å². The zero-order valence-corrected chi connectivity index (χ0v) is 14.7. The van der Waals surface area contributed by atoms with Crippen LogP contribution in [0.15, 0.2) is 70.4 Å². The molecule has 1 amide bonds. The summed E-state index contributed by atoms with van der Waals surface area (Å²) in [5.74, 6) is -1.53. The van der Waals surface area contributed by atoms with E-state index in [1.54, 1.807) is 18.2 Å². The van der Waals surface area contributed by atoms with Crippen LogP contribution in [0.2, 0.25) is 0 Å². The molecule has 0 atom stereocenters. The van der Waals surface area contributed by atoms with Crippen molar-refractivity contribution in [1.82, 2.24) is 5.43 Å². The summed E-state index contributed by atoms with van der Waals surface area (Å²) < 4.78 is 29.1. The van der Waals surface area contributed by atoms with Gasteiger partial charge >= 0.3 is 11.9 Å². The number of hydrazone groups is 1. The number of ether oxygens (including phenoxy) is 2. The number of carbonyl (C=O) groups is 2. The molecule has 28 heavy (non-hydrogen) atoms. The Kier molecular flexibility index (Phi) is 5.81. The molecule has 0 aliphatic carbocycles. The molecule has 0 fully saturated rings. The Hall–Kier alpha value is -3.94. The van der Waals surface area contributed by atoms with Gasteiger partial charge in [0.15, 0.2) is 17.3 Å². The van der Waals surface area contributed by atoms with Gasteiger partial charge in [-0.25, -0.2) is 14.6 Å². The maximum atomic E-state index is 13.7. The monoisotopic (exact) mass is 382 g/mol. The highest BCUT2D eigenvalue weighted by Crippen LogP contribution is 2.28. The number of nitrogens with zero attached hydrogens (tertiary/aromatic N) is 1. The van der Waals surface area contributed by atoms with E-state index in [9.17, 15) is 14.0 Å². The molecule has 0 unspecified atom stereocenters. The van der Waals surface area contributed by atoms with Crippen LogP contribution in [0.4, 0.5) is 4.39 Å². The molecule has 0 aliphatic heterocycles. The summed E-state index contributed by atoms with van der Waals surface area (Å²) in [7, 11) is 1.40. The fraction of sp³-hybridized carbons (Fsp3) is 0.0500. The van der Waals surface area contributed by atoms with Gasteiger partial charge in [0.05, 0.1) is 25.2 Å². The van der Waals surface area contributed by atoms with E-state index in [4.69, 9.17) is 13.9 Å². The third-order valence-corrected chi connectivity index (χ3v) is 3.61. The first-order valence-corrected chi connectivity index (χ1v) is 8.10. The summed E-state index contributed by atoms with van der Waals surface area (Å²) in [4.78, 5) is 23.9. The number of rotatable bonds is 6. The van der Waals surface area contributed by atoms with E-state index in [1.807, 2.05) is 0 Å². The van der Waals surface area contributed by atoms with Crippen LogP contribution < -0.4 is 14.9 Å². The van der Waals surface area contributed by atoms with Crippen LogP contribution in [0.3, 0.4) is 0 Å². The summed E-state index contributed by atoms with van der Waals surface area (Å²) in [6, 6.07) is 13.2. The van der Waals surface area contributed by atoms with E-state index < -0.39 is 17.7 Å². The Bertz CT molecular complexity index is 1020. The number of esters is 1. The highest BCUT2D eigenvalue weighted by atomic mass is 19.1. The predicted octanol–water partition coefficient (Wildman–Crippen LogP) is 3.41. The number of hydrogen-bond donors (Lipinski definition) is 1. The van der Waals surface area contributed by atoms with Crippen LogP contribution in [-0.2, 0) is 0 Å². The van der Waals surface area contributed by atoms with Crippen LogP contribution in [0.25, 0.3) is 0 Å². The number of amides is 1. The SMILES string of the molecule is COc1cc(/C=N\NC(=O)c2ccco2)ccc1OC(=O)c1ccccc1F. The second-order valence-corrected chi connectivity index (χ2v) is 5.46. The largest absolute Gasteiger partial charge is 0.493 e. The molecule has 142 valence electrons. The van der Waals surface area contributed by atoms with Crippen LogP contribution in [0.5, 0.6) is 11.5 Å².